The smallest absolute Gasteiger partial charge is 0.325 e. The molecule has 0 aromatic heterocycles. The number of benzene rings is 1. The van der Waals surface area contributed by atoms with Crippen LogP contribution in [0.3, 0.4) is 0 Å². The minimum absolute atomic E-state index is 0.610. The first-order valence-electron chi connectivity index (χ1n) is 4.68. The Morgan fingerprint density at radius 3 is 2.36 bits per heavy atom. The van der Waals surface area contributed by atoms with E-state index in [0.717, 1.165) is 12.0 Å². The molecule has 2 N–H and O–H groups in total. The number of aryl methyl sites for hydroxylation is 1. The summed E-state index contributed by atoms with van der Waals surface area (Å²) in [5.41, 5.74) is 2.01. The number of nitrogens with one attached hydrogen (secondary N) is 1. The van der Waals surface area contributed by atoms with Crippen LogP contribution < -0.4 is 5.32 Å². The fraction of sp³-hybridized carbons (Fsp3) is 0.364. The molecule has 0 aliphatic rings. The Balaban J connectivity index is 2.89. The minimum Gasteiger partial charge on any atom is -0.480 e. The van der Waals surface area contributed by atoms with Gasteiger partial charge in [0.15, 0.2) is 0 Å². The summed E-state index contributed by atoms with van der Waals surface area (Å²) in [7, 11) is 1.65. The highest BCUT2D eigenvalue weighted by molar-refractivity contribution is 5.75. The van der Waals surface area contributed by atoms with Gasteiger partial charge in [0.05, 0.1) is 0 Å². The van der Waals surface area contributed by atoms with Crippen molar-refractivity contribution in [3.63, 3.8) is 0 Å². The Labute approximate surface area is 83.8 Å². The van der Waals surface area contributed by atoms with E-state index in [0.29, 0.717) is 0 Å². The molecule has 0 amide bonds. The van der Waals surface area contributed by atoms with Crippen LogP contribution in [-0.2, 0) is 11.2 Å². The summed E-state index contributed by atoms with van der Waals surface area (Å²) in [5, 5.41) is 11.6. The number of carboxylic acid groups (broad SMARTS) is 1. The Morgan fingerprint density at radius 2 is 2.00 bits per heavy atom. The van der Waals surface area contributed by atoms with Crippen molar-refractivity contribution in [3.8, 4) is 0 Å². The average Bonchev–Trinajstić information content (AvgIpc) is 2.19. The second kappa shape index (κ2) is 4.77. The third kappa shape index (κ3) is 2.33. The van der Waals surface area contributed by atoms with Crippen LogP contribution in [0.5, 0.6) is 0 Å². The topological polar surface area (TPSA) is 49.3 Å². The van der Waals surface area contributed by atoms with Crippen LogP contribution >= 0.6 is 0 Å². The van der Waals surface area contributed by atoms with Crippen LogP contribution in [-0.4, -0.2) is 18.1 Å². The summed E-state index contributed by atoms with van der Waals surface area (Å²) in [6.45, 7) is 2.07. The predicted octanol–water partition coefficient (Wildman–Crippen LogP) is 1.59. The van der Waals surface area contributed by atoms with Crippen molar-refractivity contribution in [1.82, 2.24) is 5.32 Å². The van der Waals surface area contributed by atoms with E-state index in [1.807, 2.05) is 24.3 Å². The average molecular weight is 193 g/mol. The Hall–Kier alpha value is -1.35. The van der Waals surface area contributed by atoms with Gasteiger partial charge < -0.3 is 10.4 Å². The van der Waals surface area contributed by atoms with Crippen molar-refractivity contribution in [2.45, 2.75) is 19.4 Å². The molecular weight excluding hydrogens is 178 g/mol. The van der Waals surface area contributed by atoms with E-state index in [-0.39, 0.29) is 0 Å². The zero-order chi connectivity index (χ0) is 10.6. The predicted molar refractivity (Wildman–Crippen MR) is 55.3 cm³/mol. The maximum atomic E-state index is 10.8. The molecular formula is C11H15NO2. The maximum Gasteiger partial charge on any atom is 0.325 e. The lowest BCUT2D eigenvalue weighted by Crippen LogP contribution is -2.24. The van der Waals surface area contributed by atoms with Crippen LogP contribution in [0, 0.1) is 0 Å². The summed E-state index contributed by atoms with van der Waals surface area (Å²) in [6.07, 6.45) is 0.970. The second-order valence-electron chi connectivity index (χ2n) is 3.16. The number of carboxylic acids is 1. The van der Waals surface area contributed by atoms with Crippen molar-refractivity contribution < 1.29 is 9.90 Å². The summed E-state index contributed by atoms with van der Waals surface area (Å²) >= 11 is 0. The molecule has 1 aromatic rings. The number of hydrogen-bond donors (Lipinski definition) is 2. The van der Waals surface area contributed by atoms with E-state index < -0.39 is 12.0 Å². The molecule has 0 saturated carbocycles. The van der Waals surface area contributed by atoms with Gasteiger partial charge in [0.1, 0.15) is 6.04 Å². The van der Waals surface area contributed by atoms with Crippen LogP contribution in [0.25, 0.3) is 0 Å². The highest BCUT2D eigenvalue weighted by Crippen LogP contribution is 2.13. The van der Waals surface area contributed by atoms with Crippen molar-refractivity contribution >= 4 is 5.97 Å². The molecule has 0 unspecified atom stereocenters. The standard InChI is InChI=1S/C11H15NO2/c1-3-8-4-6-9(7-5-8)10(12-2)11(13)14/h4-7,10,12H,3H2,1-2H3,(H,13,14)/t10-/m1/s1. The lowest BCUT2D eigenvalue weighted by Gasteiger charge is -2.11. The SMILES string of the molecule is CCc1ccc([C@@H](NC)C(=O)O)cc1. The van der Waals surface area contributed by atoms with Gasteiger partial charge in [-0.2, -0.15) is 0 Å². The number of likely N-dealkylation sites (N-methyl/N-ethyl adjacent to an activating group) is 1. The summed E-state index contributed by atoms with van der Waals surface area (Å²) in [5.74, 6) is -0.850. The first-order valence-corrected chi connectivity index (χ1v) is 4.68. The van der Waals surface area contributed by atoms with Crippen LogP contribution in [0.1, 0.15) is 24.1 Å². The molecule has 0 spiro atoms. The van der Waals surface area contributed by atoms with E-state index in [9.17, 15) is 4.79 Å². The zero-order valence-electron chi connectivity index (χ0n) is 8.45. The van der Waals surface area contributed by atoms with Crippen molar-refractivity contribution in [2.75, 3.05) is 7.05 Å². The third-order valence-corrected chi connectivity index (χ3v) is 2.26. The molecule has 0 aliphatic carbocycles. The Bertz CT molecular complexity index is 306. The Kier molecular flexibility index (Phi) is 3.65. The number of aliphatic carboxylic acids is 1. The lowest BCUT2D eigenvalue weighted by atomic mass is 10.0. The zero-order valence-corrected chi connectivity index (χ0v) is 8.45. The molecule has 3 heteroatoms. The number of rotatable bonds is 4. The number of hydrogen-bond acceptors (Lipinski definition) is 2. The van der Waals surface area contributed by atoms with Crippen LogP contribution in [0.2, 0.25) is 0 Å². The molecule has 0 fully saturated rings. The maximum absolute atomic E-state index is 10.8. The van der Waals surface area contributed by atoms with Gasteiger partial charge in [0.2, 0.25) is 0 Å². The molecule has 1 atom stereocenters. The van der Waals surface area contributed by atoms with Crippen molar-refractivity contribution in [1.29, 1.82) is 0 Å². The van der Waals surface area contributed by atoms with Gasteiger partial charge in [-0.15, -0.1) is 0 Å². The van der Waals surface area contributed by atoms with E-state index in [2.05, 4.69) is 12.2 Å². The lowest BCUT2D eigenvalue weighted by molar-refractivity contribution is -0.139. The van der Waals surface area contributed by atoms with Gasteiger partial charge in [-0.3, -0.25) is 4.79 Å². The van der Waals surface area contributed by atoms with Gasteiger partial charge in [-0.25, -0.2) is 0 Å². The minimum atomic E-state index is -0.850. The molecule has 1 aromatic carbocycles. The van der Waals surface area contributed by atoms with E-state index in [4.69, 9.17) is 5.11 Å². The highest BCUT2D eigenvalue weighted by Gasteiger charge is 2.16. The molecule has 0 aliphatic heterocycles. The second-order valence-corrected chi connectivity index (χ2v) is 3.16. The number of carbonyl (C=O) groups is 1. The summed E-state index contributed by atoms with van der Waals surface area (Å²) in [4.78, 5) is 10.8. The third-order valence-electron chi connectivity index (χ3n) is 2.26. The molecule has 1 rings (SSSR count). The van der Waals surface area contributed by atoms with Gasteiger partial charge in [0, 0.05) is 0 Å². The fourth-order valence-electron chi connectivity index (χ4n) is 1.38. The molecule has 14 heavy (non-hydrogen) atoms. The fourth-order valence-corrected chi connectivity index (χ4v) is 1.38. The summed E-state index contributed by atoms with van der Waals surface area (Å²) in [6, 6.07) is 7.02. The Morgan fingerprint density at radius 1 is 1.43 bits per heavy atom. The van der Waals surface area contributed by atoms with Gasteiger partial charge in [-0.05, 0) is 24.6 Å². The molecule has 0 bridgehead atoms. The molecule has 0 heterocycles. The van der Waals surface area contributed by atoms with Gasteiger partial charge in [-0.1, -0.05) is 31.2 Å². The molecule has 0 saturated heterocycles. The van der Waals surface area contributed by atoms with Crippen molar-refractivity contribution in [2.24, 2.45) is 0 Å². The first-order chi connectivity index (χ1) is 6.69. The van der Waals surface area contributed by atoms with Crippen LogP contribution in [0.15, 0.2) is 24.3 Å². The largest absolute Gasteiger partial charge is 0.480 e. The van der Waals surface area contributed by atoms with Crippen LogP contribution in [0.4, 0.5) is 0 Å². The molecule has 3 nitrogen and oxygen atoms in total. The summed E-state index contributed by atoms with van der Waals surface area (Å²) < 4.78 is 0. The van der Waals surface area contributed by atoms with Gasteiger partial charge in [0.25, 0.3) is 0 Å². The molecule has 0 radical (unpaired) electrons. The van der Waals surface area contributed by atoms with E-state index in [1.165, 1.54) is 5.56 Å². The van der Waals surface area contributed by atoms with Crippen molar-refractivity contribution in [3.05, 3.63) is 35.4 Å². The highest BCUT2D eigenvalue weighted by atomic mass is 16.4. The quantitative estimate of drug-likeness (QED) is 0.763. The monoisotopic (exact) mass is 193 g/mol. The van der Waals surface area contributed by atoms with E-state index >= 15 is 0 Å². The molecule has 76 valence electrons. The van der Waals surface area contributed by atoms with E-state index in [1.54, 1.807) is 7.05 Å². The van der Waals surface area contributed by atoms with Gasteiger partial charge >= 0.3 is 5.97 Å². The normalized spacial score (nSPS) is 12.4. The first kappa shape index (κ1) is 10.7.